The quantitative estimate of drug-likeness (QED) is 0.603. The monoisotopic (exact) mass is 298 g/mol. The Morgan fingerprint density at radius 1 is 0.864 bits per heavy atom. The van der Waals surface area contributed by atoms with E-state index in [1.807, 2.05) is 24.3 Å². The van der Waals surface area contributed by atoms with Crippen molar-refractivity contribution in [2.75, 3.05) is 21.3 Å². The molecule has 0 aromatic heterocycles. The summed E-state index contributed by atoms with van der Waals surface area (Å²) in [6, 6.07) is 12.6. The Bertz CT molecular complexity index is 672. The second-order valence-electron chi connectivity index (χ2n) is 4.54. The minimum Gasteiger partial charge on any atom is -0.497 e. The smallest absolute Gasteiger partial charge is 0.185 e. The molecule has 2 rings (SSSR count). The van der Waals surface area contributed by atoms with E-state index in [9.17, 15) is 4.79 Å². The summed E-state index contributed by atoms with van der Waals surface area (Å²) in [6.07, 6.45) is 3.29. The number of rotatable bonds is 6. The van der Waals surface area contributed by atoms with Gasteiger partial charge in [-0.15, -0.1) is 0 Å². The molecule has 2 aromatic rings. The lowest BCUT2D eigenvalue weighted by atomic mass is 10.1. The number of ether oxygens (including phenoxy) is 3. The summed E-state index contributed by atoms with van der Waals surface area (Å²) < 4.78 is 15.5. The van der Waals surface area contributed by atoms with Crippen LogP contribution in [0.15, 0.2) is 48.5 Å². The Morgan fingerprint density at radius 2 is 1.55 bits per heavy atom. The zero-order valence-electron chi connectivity index (χ0n) is 12.8. The number of hydrogen-bond acceptors (Lipinski definition) is 4. The molecule has 0 fully saturated rings. The molecule has 2 aromatic carbocycles. The first-order valence-corrected chi connectivity index (χ1v) is 6.76. The molecule has 0 spiro atoms. The predicted octanol–water partition coefficient (Wildman–Crippen LogP) is 3.61. The SMILES string of the molecule is COc1ccc(C=CC(=O)c2ccc(OC)c(OC)c2)cc1. The van der Waals surface area contributed by atoms with Crippen LogP contribution in [0, 0.1) is 0 Å². The fourth-order valence-corrected chi connectivity index (χ4v) is 1.97. The zero-order chi connectivity index (χ0) is 15.9. The van der Waals surface area contributed by atoms with Crippen molar-refractivity contribution in [3.63, 3.8) is 0 Å². The molecule has 114 valence electrons. The van der Waals surface area contributed by atoms with Gasteiger partial charge in [-0.05, 0) is 42.0 Å². The van der Waals surface area contributed by atoms with Crippen LogP contribution in [0.4, 0.5) is 0 Å². The summed E-state index contributed by atoms with van der Waals surface area (Å²) in [7, 11) is 4.72. The van der Waals surface area contributed by atoms with Gasteiger partial charge in [-0.2, -0.15) is 0 Å². The summed E-state index contributed by atoms with van der Waals surface area (Å²) >= 11 is 0. The van der Waals surface area contributed by atoms with Crippen molar-refractivity contribution < 1.29 is 19.0 Å². The van der Waals surface area contributed by atoms with Gasteiger partial charge in [0.1, 0.15) is 5.75 Å². The molecule has 0 bridgehead atoms. The summed E-state index contributed by atoms with van der Waals surface area (Å²) in [5.74, 6) is 1.81. The number of allylic oxidation sites excluding steroid dienone is 1. The molecule has 4 nitrogen and oxygen atoms in total. The van der Waals surface area contributed by atoms with Crippen LogP contribution in [0.25, 0.3) is 6.08 Å². The van der Waals surface area contributed by atoms with Crippen LogP contribution in [0.5, 0.6) is 17.2 Å². The normalized spacial score (nSPS) is 10.5. The van der Waals surface area contributed by atoms with Gasteiger partial charge in [0.2, 0.25) is 0 Å². The van der Waals surface area contributed by atoms with E-state index in [1.165, 1.54) is 6.08 Å². The lowest BCUT2D eigenvalue weighted by Gasteiger charge is -2.08. The van der Waals surface area contributed by atoms with Crippen LogP contribution in [0.2, 0.25) is 0 Å². The highest BCUT2D eigenvalue weighted by molar-refractivity contribution is 6.07. The molecule has 0 radical (unpaired) electrons. The molecule has 0 heterocycles. The molecule has 0 aliphatic rings. The van der Waals surface area contributed by atoms with Gasteiger partial charge in [-0.1, -0.05) is 18.2 Å². The Labute approximate surface area is 129 Å². The van der Waals surface area contributed by atoms with E-state index in [4.69, 9.17) is 14.2 Å². The average Bonchev–Trinajstić information content (AvgIpc) is 2.59. The van der Waals surface area contributed by atoms with Crippen molar-refractivity contribution in [1.82, 2.24) is 0 Å². The van der Waals surface area contributed by atoms with Crippen LogP contribution in [0.1, 0.15) is 15.9 Å². The molecule has 0 atom stereocenters. The van der Waals surface area contributed by atoms with E-state index in [-0.39, 0.29) is 5.78 Å². The van der Waals surface area contributed by atoms with E-state index >= 15 is 0 Å². The molecular weight excluding hydrogens is 280 g/mol. The van der Waals surface area contributed by atoms with Gasteiger partial charge < -0.3 is 14.2 Å². The van der Waals surface area contributed by atoms with E-state index in [0.717, 1.165) is 11.3 Å². The highest BCUT2D eigenvalue weighted by atomic mass is 16.5. The summed E-state index contributed by atoms with van der Waals surface area (Å²) in [6.45, 7) is 0. The molecule has 0 saturated heterocycles. The van der Waals surface area contributed by atoms with Crippen molar-refractivity contribution in [1.29, 1.82) is 0 Å². The van der Waals surface area contributed by atoms with Gasteiger partial charge in [0, 0.05) is 5.56 Å². The van der Waals surface area contributed by atoms with Crippen molar-refractivity contribution in [2.45, 2.75) is 0 Å². The largest absolute Gasteiger partial charge is 0.497 e. The van der Waals surface area contributed by atoms with Crippen molar-refractivity contribution in [3.05, 3.63) is 59.7 Å². The Morgan fingerprint density at radius 3 is 2.14 bits per heavy atom. The average molecular weight is 298 g/mol. The molecular formula is C18H18O4. The maximum atomic E-state index is 12.2. The van der Waals surface area contributed by atoms with Crippen molar-refractivity contribution in [3.8, 4) is 17.2 Å². The number of hydrogen-bond donors (Lipinski definition) is 0. The van der Waals surface area contributed by atoms with Crippen molar-refractivity contribution in [2.24, 2.45) is 0 Å². The molecule has 0 unspecified atom stereocenters. The number of ketones is 1. The number of carbonyl (C=O) groups is 1. The minimum atomic E-state index is -0.100. The maximum Gasteiger partial charge on any atom is 0.185 e. The molecule has 0 saturated carbocycles. The first kappa shape index (κ1) is 15.6. The lowest BCUT2D eigenvalue weighted by Crippen LogP contribution is -1.97. The van der Waals surface area contributed by atoms with Gasteiger partial charge in [0.05, 0.1) is 21.3 Å². The predicted molar refractivity (Wildman–Crippen MR) is 85.9 cm³/mol. The fourth-order valence-electron chi connectivity index (χ4n) is 1.97. The van der Waals surface area contributed by atoms with E-state index in [2.05, 4.69) is 0 Å². The van der Waals surface area contributed by atoms with E-state index in [1.54, 1.807) is 45.6 Å². The van der Waals surface area contributed by atoms with Gasteiger partial charge in [-0.3, -0.25) is 4.79 Å². The summed E-state index contributed by atoms with van der Waals surface area (Å²) in [4.78, 5) is 12.2. The van der Waals surface area contributed by atoms with E-state index < -0.39 is 0 Å². The Hall–Kier alpha value is -2.75. The Kier molecular flexibility index (Phi) is 5.20. The Balaban J connectivity index is 2.15. The topological polar surface area (TPSA) is 44.8 Å². The summed E-state index contributed by atoms with van der Waals surface area (Å²) in [5.41, 5.74) is 1.47. The second kappa shape index (κ2) is 7.31. The van der Waals surface area contributed by atoms with Gasteiger partial charge >= 0.3 is 0 Å². The molecule has 22 heavy (non-hydrogen) atoms. The van der Waals surface area contributed by atoms with Crippen LogP contribution in [0.3, 0.4) is 0 Å². The molecule has 0 aliphatic carbocycles. The van der Waals surface area contributed by atoms with Crippen molar-refractivity contribution >= 4 is 11.9 Å². The summed E-state index contributed by atoms with van der Waals surface area (Å²) in [5, 5.41) is 0. The number of methoxy groups -OCH3 is 3. The fraction of sp³-hybridized carbons (Fsp3) is 0.167. The number of carbonyl (C=O) groups excluding carboxylic acids is 1. The molecule has 0 amide bonds. The van der Waals surface area contributed by atoms with E-state index in [0.29, 0.717) is 17.1 Å². The van der Waals surface area contributed by atoms with Crippen LogP contribution in [-0.2, 0) is 0 Å². The minimum absolute atomic E-state index is 0.100. The van der Waals surface area contributed by atoms with Crippen LogP contribution in [-0.4, -0.2) is 27.1 Å². The van der Waals surface area contributed by atoms with Crippen LogP contribution >= 0.6 is 0 Å². The van der Waals surface area contributed by atoms with Gasteiger partial charge in [0.25, 0.3) is 0 Å². The standard InChI is InChI=1S/C18H18O4/c1-20-15-8-4-13(5-9-15)6-10-16(19)14-7-11-17(21-2)18(12-14)22-3/h4-12H,1-3H3. The zero-order valence-corrected chi connectivity index (χ0v) is 12.8. The van der Waals surface area contributed by atoms with Gasteiger partial charge in [0.15, 0.2) is 17.3 Å². The number of benzene rings is 2. The highest BCUT2D eigenvalue weighted by Gasteiger charge is 2.08. The third kappa shape index (κ3) is 3.67. The lowest BCUT2D eigenvalue weighted by molar-refractivity contribution is 0.104. The third-order valence-corrected chi connectivity index (χ3v) is 3.21. The first-order valence-electron chi connectivity index (χ1n) is 6.76. The maximum absolute atomic E-state index is 12.2. The molecule has 0 aliphatic heterocycles. The van der Waals surface area contributed by atoms with Crippen LogP contribution < -0.4 is 14.2 Å². The first-order chi connectivity index (χ1) is 10.7. The third-order valence-electron chi connectivity index (χ3n) is 3.21. The second-order valence-corrected chi connectivity index (χ2v) is 4.54. The van der Waals surface area contributed by atoms with Gasteiger partial charge in [-0.25, -0.2) is 0 Å². The molecule has 4 heteroatoms. The molecule has 0 N–H and O–H groups in total. The highest BCUT2D eigenvalue weighted by Crippen LogP contribution is 2.27.